The highest BCUT2D eigenvalue weighted by Crippen LogP contribution is 2.15. The number of carbonyl (C=O) groups excluding carboxylic acids is 3. The number of anilines is 1. The summed E-state index contributed by atoms with van der Waals surface area (Å²) in [6, 6.07) is 12.4. The first-order chi connectivity index (χ1) is 11.9. The predicted octanol–water partition coefficient (Wildman–Crippen LogP) is 3.31. The van der Waals surface area contributed by atoms with Crippen molar-refractivity contribution in [2.45, 2.75) is 13.0 Å². The second-order valence-corrected chi connectivity index (χ2v) is 5.55. The van der Waals surface area contributed by atoms with Crippen LogP contribution in [0.2, 0.25) is 5.02 Å². The summed E-state index contributed by atoms with van der Waals surface area (Å²) in [7, 11) is 1.27. The van der Waals surface area contributed by atoms with E-state index in [2.05, 4.69) is 10.1 Å². The summed E-state index contributed by atoms with van der Waals surface area (Å²) in [6.07, 6.45) is -1.01. The van der Waals surface area contributed by atoms with E-state index < -0.39 is 23.9 Å². The van der Waals surface area contributed by atoms with Gasteiger partial charge in [0.25, 0.3) is 5.91 Å². The zero-order valence-electron chi connectivity index (χ0n) is 13.6. The molecule has 0 saturated carbocycles. The molecule has 7 heteroatoms. The molecule has 0 fully saturated rings. The van der Waals surface area contributed by atoms with Gasteiger partial charge in [0.2, 0.25) is 0 Å². The zero-order chi connectivity index (χ0) is 18.4. The Bertz CT molecular complexity index is 788. The lowest BCUT2D eigenvalue weighted by Crippen LogP contribution is -2.30. The number of esters is 2. The molecule has 0 spiro atoms. The van der Waals surface area contributed by atoms with Crippen LogP contribution in [0.25, 0.3) is 0 Å². The molecule has 6 nitrogen and oxygen atoms in total. The van der Waals surface area contributed by atoms with Crippen molar-refractivity contribution in [1.82, 2.24) is 0 Å². The van der Waals surface area contributed by atoms with E-state index in [-0.39, 0.29) is 5.56 Å². The molecule has 0 aliphatic carbocycles. The van der Waals surface area contributed by atoms with Gasteiger partial charge in [0.15, 0.2) is 6.10 Å². The monoisotopic (exact) mass is 361 g/mol. The Hall–Kier alpha value is -2.86. The molecule has 2 aromatic rings. The minimum absolute atomic E-state index is 0.218. The van der Waals surface area contributed by atoms with Crippen molar-refractivity contribution in [2.75, 3.05) is 12.4 Å². The Labute approximate surface area is 149 Å². The van der Waals surface area contributed by atoms with Crippen LogP contribution >= 0.6 is 11.6 Å². The summed E-state index contributed by atoms with van der Waals surface area (Å²) in [6.45, 7) is 1.46. The fraction of sp³-hybridized carbons (Fsp3) is 0.167. The molecule has 25 heavy (non-hydrogen) atoms. The largest absolute Gasteiger partial charge is 0.465 e. The SMILES string of the molecule is COC(=O)c1ccc(C(=O)O[C@H](C)C(=O)Nc2cccc(Cl)c2)cc1. The number of ether oxygens (including phenoxy) is 2. The highest BCUT2D eigenvalue weighted by atomic mass is 35.5. The molecular weight excluding hydrogens is 346 g/mol. The Kier molecular flexibility index (Phi) is 6.14. The lowest BCUT2D eigenvalue weighted by Gasteiger charge is -2.14. The fourth-order valence-corrected chi connectivity index (χ4v) is 2.14. The number of amides is 1. The number of methoxy groups -OCH3 is 1. The third-order valence-electron chi connectivity index (χ3n) is 3.29. The number of hydrogen-bond donors (Lipinski definition) is 1. The number of halogens is 1. The molecule has 0 aliphatic rings. The maximum atomic E-state index is 12.1. The van der Waals surface area contributed by atoms with Crippen LogP contribution in [0, 0.1) is 0 Å². The van der Waals surface area contributed by atoms with Crippen molar-refractivity contribution >= 4 is 35.1 Å². The van der Waals surface area contributed by atoms with Gasteiger partial charge in [-0.05, 0) is 49.4 Å². The van der Waals surface area contributed by atoms with Crippen molar-refractivity contribution in [3.8, 4) is 0 Å². The van der Waals surface area contributed by atoms with E-state index in [0.717, 1.165) is 0 Å². The first-order valence-electron chi connectivity index (χ1n) is 7.36. The van der Waals surface area contributed by atoms with Gasteiger partial charge in [-0.15, -0.1) is 0 Å². The van der Waals surface area contributed by atoms with Gasteiger partial charge in [-0.2, -0.15) is 0 Å². The first kappa shape index (κ1) is 18.5. The quantitative estimate of drug-likeness (QED) is 0.826. The molecule has 0 aliphatic heterocycles. The third kappa shape index (κ3) is 5.06. The van der Waals surface area contributed by atoms with Crippen LogP contribution in [0.3, 0.4) is 0 Å². The van der Waals surface area contributed by atoms with E-state index in [4.69, 9.17) is 16.3 Å². The van der Waals surface area contributed by atoms with Gasteiger partial charge < -0.3 is 14.8 Å². The van der Waals surface area contributed by atoms with Crippen LogP contribution in [-0.4, -0.2) is 31.1 Å². The highest BCUT2D eigenvalue weighted by molar-refractivity contribution is 6.30. The summed E-state index contributed by atoms with van der Waals surface area (Å²) in [5.74, 6) is -1.67. The van der Waals surface area contributed by atoms with Gasteiger partial charge in [0, 0.05) is 10.7 Å². The number of hydrogen-bond acceptors (Lipinski definition) is 5. The molecular formula is C18H16ClNO5. The normalized spacial score (nSPS) is 11.3. The molecule has 2 rings (SSSR count). The summed E-state index contributed by atoms with van der Waals surface area (Å²) in [5, 5.41) is 3.09. The van der Waals surface area contributed by atoms with Crippen molar-refractivity contribution in [1.29, 1.82) is 0 Å². The average molecular weight is 362 g/mol. The van der Waals surface area contributed by atoms with E-state index >= 15 is 0 Å². The van der Waals surface area contributed by atoms with Crippen LogP contribution in [0.15, 0.2) is 48.5 Å². The lowest BCUT2D eigenvalue weighted by atomic mass is 10.1. The molecule has 0 bridgehead atoms. The van der Waals surface area contributed by atoms with Crippen molar-refractivity contribution in [3.05, 3.63) is 64.7 Å². The van der Waals surface area contributed by atoms with Crippen LogP contribution in [0.5, 0.6) is 0 Å². The minimum Gasteiger partial charge on any atom is -0.465 e. The maximum Gasteiger partial charge on any atom is 0.338 e. The highest BCUT2D eigenvalue weighted by Gasteiger charge is 2.19. The van der Waals surface area contributed by atoms with Crippen LogP contribution in [-0.2, 0) is 14.3 Å². The lowest BCUT2D eigenvalue weighted by molar-refractivity contribution is -0.123. The van der Waals surface area contributed by atoms with Crippen molar-refractivity contribution in [2.24, 2.45) is 0 Å². The summed E-state index contributed by atoms with van der Waals surface area (Å²) >= 11 is 5.85. The van der Waals surface area contributed by atoms with Gasteiger partial charge in [-0.1, -0.05) is 17.7 Å². The first-order valence-corrected chi connectivity index (χ1v) is 7.74. The molecule has 1 atom stereocenters. The molecule has 2 aromatic carbocycles. The molecule has 1 N–H and O–H groups in total. The number of nitrogens with one attached hydrogen (secondary N) is 1. The van der Waals surface area contributed by atoms with Crippen LogP contribution < -0.4 is 5.32 Å². The average Bonchev–Trinajstić information content (AvgIpc) is 2.61. The third-order valence-corrected chi connectivity index (χ3v) is 3.52. The fourth-order valence-electron chi connectivity index (χ4n) is 1.95. The van der Waals surface area contributed by atoms with Crippen molar-refractivity contribution in [3.63, 3.8) is 0 Å². The van der Waals surface area contributed by atoms with E-state index in [9.17, 15) is 14.4 Å². The molecule has 0 radical (unpaired) electrons. The number of benzene rings is 2. The summed E-state index contributed by atoms with van der Waals surface area (Å²) in [4.78, 5) is 35.5. The molecule has 0 saturated heterocycles. The number of rotatable bonds is 5. The van der Waals surface area contributed by atoms with Gasteiger partial charge >= 0.3 is 11.9 Å². The van der Waals surface area contributed by atoms with Crippen molar-refractivity contribution < 1.29 is 23.9 Å². The van der Waals surface area contributed by atoms with E-state index in [0.29, 0.717) is 16.3 Å². The second-order valence-electron chi connectivity index (χ2n) is 5.12. The van der Waals surface area contributed by atoms with Crippen LogP contribution in [0.1, 0.15) is 27.6 Å². The van der Waals surface area contributed by atoms with E-state index in [1.807, 2.05) is 0 Å². The molecule has 0 aromatic heterocycles. The predicted molar refractivity (Wildman–Crippen MR) is 92.7 cm³/mol. The maximum absolute atomic E-state index is 12.1. The second kappa shape index (κ2) is 8.30. The Morgan fingerprint density at radius 2 is 1.60 bits per heavy atom. The van der Waals surface area contributed by atoms with Crippen LogP contribution in [0.4, 0.5) is 5.69 Å². The number of carbonyl (C=O) groups is 3. The molecule has 0 unspecified atom stereocenters. The Morgan fingerprint density at radius 1 is 1.00 bits per heavy atom. The van der Waals surface area contributed by atoms with Gasteiger partial charge in [0.05, 0.1) is 18.2 Å². The molecule has 130 valence electrons. The summed E-state index contributed by atoms with van der Waals surface area (Å²) in [5.41, 5.74) is 1.03. The van der Waals surface area contributed by atoms with Gasteiger partial charge in [0.1, 0.15) is 0 Å². The van der Waals surface area contributed by atoms with Gasteiger partial charge in [-0.3, -0.25) is 4.79 Å². The van der Waals surface area contributed by atoms with Gasteiger partial charge in [-0.25, -0.2) is 9.59 Å². The van der Waals surface area contributed by atoms with E-state index in [1.54, 1.807) is 24.3 Å². The molecule has 1 amide bonds. The molecule has 0 heterocycles. The topological polar surface area (TPSA) is 81.7 Å². The Morgan fingerprint density at radius 3 is 2.16 bits per heavy atom. The zero-order valence-corrected chi connectivity index (χ0v) is 14.4. The minimum atomic E-state index is -1.01. The standard InChI is InChI=1S/C18H16ClNO5/c1-11(16(21)20-15-5-3-4-14(19)10-15)25-18(23)13-8-6-12(7-9-13)17(22)24-2/h3-11H,1-2H3,(H,20,21)/t11-/m1/s1. The van der Waals surface area contributed by atoms with E-state index in [1.165, 1.54) is 38.3 Å². The Balaban J connectivity index is 1.97. The summed E-state index contributed by atoms with van der Waals surface area (Å²) < 4.78 is 9.71. The smallest absolute Gasteiger partial charge is 0.338 e.